The zero-order valence-electron chi connectivity index (χ0n) is 12.8. The molecule has 4 nitrogen and oxygen atoms in total. The third kappa shape index (κ3) is 2.66. The van der Waals surface area contributed by atoms with Crippen LogP contribution in [0.2, 0.25) is 10.0 Å². The predicted octanol–water partition coefficient (Wildman–Crippen LogP) is 4.15. The van der Waals surface area contributed by atoms with E-state index in [0.29, 0.717) is 17.5 Å². The summed E-state index contributed by atoms with van der Waals surface area (Å²) in [6, 6.07) is 11.1. The highest BCUT2D eigenvalue weighted by Gasteiger charge is 2.45. The Morgan fingerprint density at radius 1 is 1.25 bits per heavy atom. The summed E-state index contributed by atoms with van der Waals surface area (Å²) in [6.07, 6.45) is 0.450. The molecule has 0 saturated carbocycles. The van der Waals surface area contributed by atoms with Crippen molar-refractivity contribution in [3.05, 3.63) is 63.1 Å². The number of hydrogen-bond acceptors (Lipinski definition) is 3. The van der Waals surface area contributed by atoms with Crippen LogP contribution in [0.4, 0.5) is 0 Å². The van der Waals surface area contributed by atoms with Crippen LogP contribution in [-0.2, 0) is 16.6 Å². The number of Topliss-reactive ketones (excluding diaryl/α,β-unsaturated/α-hetero) is 1. The van der Waals surface area contributed by atoms with Gasteiger partial charge in [0.25, 0.3) is 0 Å². The Kier molecular flexibility index (Phi) is 4.28. The van der Waals surface area contributed by atoms with Crippen molar-refractivity contribution in [2.75, 3.05) is 6.61 Å². The van der Waals surface area contributed by atoms with Crippen molar-refractivity contribution >= 4 is 35.0 Å². The monoisotopic (exact) mass is 364 g/mol. The van der Waals surface area contributed by atoms with Crippen molar-refractivity contribution in [1.82, 2.24) is 0 Å². The van der Waals surface area contributed by atoms with E-state index in [4.69, 9.17) is 33.0 Å². The largest absolute Gasteiger partial charge is 0.480 e. The summed E-state index contributed by atoms with van der Waals surface area (Å²) >= 11 is 12.5. The second-order valence-corrected chi connectivity index (χ2v) is 6.68. The minimum absolute atomic E-state index is 0.0577. The van der Waals surface area contributed by atoms with Crippen LogP contribution in [0.5, 0.6) is 5.75 Å². The van der Waals surface area contributed by atoms with Gasteiger partial charge in [0.05, 0.1) is 10.4 Å². The lowest BCUT2D eigenvalue weighted by atomic mass is 9.79. The Morgan fingerprint density at radius 2 is 1.92 bits per heavy atom. The van der Waals surface area contributed by atoms with Crippen LogP contribution < -0.4 is 4.74 Å². The first kappa shape index (κ1) is 16.8. The molecule has 0 radical (unpaired) electrons. The molecule has 0 aliphatic heterocycles. The first-order valence-electron chi connectivity index (χ1n) is 7.30. The van der Waals surface area contributed by atoms with Gasteiger partial charge in [-0.05, 0) is 30.5 Å². The number of ether oxygens (including phenoxy) is 1. The molecule has 1 aliphatic carbocycles. The molecule has 0 fully saturated rings. The molecule has 0 spiro atoms. The highest BCUT2D eigenvalue weighted by atomic mass is 35.5. The van der Waals surface area contributed by atoms with E-state index in [0.717, 1.165) is 5.56 Å². The molecule has 2 aromatic carbocycles. The zero-order valence-corrected chi connectivity index (χ0v) is 14.3. The van der Waals surface area contributed by atoms with Crippen LogP contribution in [-0.4, -0.2) is 23.5 Å². The van der Waals surface area contributed by atoms with Crippen LogP contribution in [0.15, 0.2) is 36.4 Å². The smallest absolute Gasteiger partial charge is 0.341 e. The molecule has 0 amide bonds. The van der Waals surface area contributed by atoms with Gasteiger partial charge in [0.2, 0.25) is 0 Å². The van der Waals surface area contributed by atoms with Crippen LogP contribution in [0, 0.1) is 0 Å². The lowest BCUT2D eigenvalue weighted by Gasteiger charge is -2.22. The van der Waals surface area contributed by atoms with E-state index in [2.05, 4.69) is 0 Å². The molecule has 0 unspecified atom stereocenters. The topological polar surface area (TPSA) is 63.6 Å². The van der Waals surface area contributed by atoms with E-state index < -0.39 is 18.0 Å². The van der Waals surface area contributed by atoms with Crippen molar-refractivity contribution in [2.45, 2.75) is 18.8 Å². The van der Waals surface area contributed by atoms with Gasteiger partial charge in [0, 0.05) is 5.56 Å². The number of benzene rings is 2. The van der Waals surface area contributed by atoms with Gasteiger partial charge in [-0.15, -0.1) is 0 Å². The summed E-state index contributed by atoms with van der Waals surface area (Å²) in [5.41, 5.74) is 1.25. The van der Waals surface area contributed by atoms with Gasteiger partial charge in [0.1, 0.15) is 10.8 Å². The first-order chi connectivity index (χ1) is 11.3. The SMILES string of the molecule is C[C@]1(c2ccccc2)Cc2cc(OCC(=O)O)c(Cl)c(Cl)c2C1=O. The van der Waals surface area contributed by atoms with Crippen LogP contribution in [0.1, 0.15) is 28.4 Å². The van der Waals surface area contributed by atoms with Gasteiger partial charge in [-0.3, -0.25) is 4.79 Å². The Hall–Kier alpha value is -2.04. The molecule has 1 N–H and O–H groups in total. The van der Waals surface area contributed by atoms with Crippen molar-refractivity contribution in [2.24, 2.45) is 0 Å². The summed E-state index contributed by atoms with van der Waals surface area (Å²) in [5, 5.41) is 8.92. The first-order valence-corrected chi connectivity index (χ1v) is 8.06. The fourth-order valence-electron chi connectivity index (χ4n) is 3.06. The van der Waals surface area contributed by atoms with Gasteiger partial charge in [-0.1, -0.05) is 53.5 Å². The maximum Gasteiger partial charge on any atom is 0.341 e. The number of aliphatic carboxylic acids is 1. The fraction of sp³-hybridized carbons (Fsp3) is 0.222. The molecular formula is C18H14Cl2O4. The number of rotatable bonds is 4. The van der Waals surface area contributed by atoms with E-state index >= 15 is 0 Å². The van der Waals surface area contributed by atoms with Crippen LogP contribution in [0.25, 0.3) is 0 Å². The summed E-state index contributed by atoms with van der Waals surface area (Å²) in [5.74, 6) is -1.04. The van der Waals surface area contributed by atoms with Crippen molar-refractivity contribution in [1.29, 1.82) is 0 Å². The molecule has 1 aliphatic rings. The highest BCUT2D eigenvalue weighted by molar-refractivity contribution is 6.45. The molecule has 1 atom stereocenters. The van der Waals surface area contributed by atoms with Gasteiger partial charge >= 0.3 is 5.97 Å². The van der Waals surface area contributed by atoms with Gasteiger partial charge in [-0.25, -0.2) is 4.79 Å². The van der Waals surface area contributed by atoms with E-state index in [9.17, 15) is 9.59 Å². The molecule has 0 bridgehead atoms. The number of halogens is 2. The Balaban J connectivity index is 2.05. The second kappa shape index (κ2) is 6.11. The standard InChI is InChI=1S/C18H14Cl2O4/c1-18(11-5-3-2-4-6-11)8-10-7-12(24-9-13(21)22)15(19)16(20)14(10)17(18)23/h2-7H,8-9H2,1H3,(H,21,22)/t18-/m1/s1. The lowest BCUT2D eigenvalue weighted by Crippen LogP contribution is -2.29. The Bertz CT molecular complexity index is 833. The Labute approximate surface area is 149 Å². The van der Waals surface area contributed by atoms with Gasteiger partial charge < -0.3 is 9.84 Å². The summed E-state index contributed by atoms with van der Waals surface area (Å²) in [4.78, 5) is 23.7. The van der Waals surface area contributed by atoms with Crippen LogP contribution >= 0.6 is 23.2 Å². The molecule has 0 heterocycles. The predicted molar refractivity (Wildman–Crippen MR) is 91.4 cm³/mol. The summed E-state index contributed by atoms with van der Waals surface area (Å²) in [6.45, 7) is 1.34. The number of carbonyl (C=O) groups excluding carboxylic acids is 1. The minimum atomic E-state index is -1.12. The average molecular weight is 365 g/mol. The molecule has 2 aromatic rings. The Morgan fingerprint density at radius 3 is 2.54 bits per heavy atom. The normalized spacial score (nSPS) is 19.2. The number of carboxylic acid groups (broad SMARTS) is 1. The number of fused-ring (bicyclic) bond motifs is 1. The van der Waals surface area contributed by atoms with E-state index in [1.807, 2.05) is 37.3 Å². The average Bonchev–Trinajstić information content (AvgIpc) is 2.82. The molecular weight excluding hydrogens is 351 g/mol. The maximum absolute atomic E-state index is 13.0. The third-order valence-corrected chi connectivity index (χ3v) is 5.14. The van der Waals surface area contributed by atoms with Crippen molar-refractivity contribution in [3.63, 3.8) is 0 Å². The lowest BCUT2D eigenvalue weighted by molar-refractivity contribution is -0.139. The van der Waals surface area contributed by atoms with Gasteiger partial charge in [-0.2, -0.15) is 0 Å². The molecule has 0 aromatic heterocycles. The van der Waals surface area contributed by atoms with E-state index in [1.165, 1.54) is 0 Å². The van der Waals surface area contributed by atoms with E-state index in [1.54, 1.807) is 6.07 Å². The van der Waals surface area contributed by atoms with Crippen molar-refractivity contribution < 1.29 is 19.4 Å². The third-order valence-electron chi connectivity index (χ3n) is 4.29. The number of carboxylic acids is 1. The zero-order chi connectivity index (χ0) is 17.5. The van der Waals surface area contributed by atoms with Gasteiger partial charge in [0.15, 0.2) is 12.4 Å². The number of ketones is 1. The molecule has 3 rings (SSSR count). The minimum Gasteiger partial charge on any atom is -0.480 e. The number of hydrogen-bond donors (Lipinski definition) is 1. The highest BCUT2D eigenvalue weighted by Crippen LogP contribution is 2.47. The summed E-state index contributed by atoms with van der Waals surface area (Å²) < 4.78 is 5.19. The molecule has 24 heavy (non-hydrogen) atoms. The second-order valence-electron chi connectivity index (χ2n) is 5.92. The number of carbonyl (C=O) groups is 2. The molecule has 6 heteroatoms. The molecule has 0 saturated heterocycles. The summed E-state index contributed by atoms with van der Waals surface area (Å²) in [7, 11) is 0. The quantitative estimate of drug-likeness (QED) is 0.884. The fourth-order valence-corrected chi connectivity index (χ4v) is 3.56. The molecule has 124 valence electrons. The van der Waals surface area contributed by atoms with E-state index in [-0.39, 0.29) is 21.6 Å². The van der Waals surface area contributed by atoms with Crippen LogP contribution in [0.3, 0.4) is 0 Å². The van der Waals surface area contributed by atoms with Crippen molar-refractivity contribution in [3.8, 4) is 5.75 Å². The maximum atomic E-state index is 13.0.